The molecule has 0 saturated heterocycles. The van der Waals surface area contributed by atoms with Crippen molar-refractivity contribution in [1.29, 1.82) is 0 Å². The van der Waals surface area contributed by atoms with Gasteiger partial charge in [0.1, 0.15) is 25.1 Å². The largest absolute Gasteiger partial charge is 0.482 e. The van der Waals surface area contributed by atoms with E-state index in [2.05, 4.69) is 4.98 Å². The highest BCUT2D eigenvalue weighted by atomic mass is 19.1. The molecule has 1 amide bonds. The van der Waals surface area contributed by atoms with Crippen LogP contribution in [0.5, 0.6) is 5.75 Å². The fourth-order valence-electron chi connectivity index (χ4n) is 5.28. The molecule has 1 atom stereocenters. The van der Waals surface area contributed by atoms with Crippen LogP contribution in [0.4, 0.5) is 8.78 Å². The number of nitrogens with zero attached hydrogens (tertiary/aromatic N) is 4. The summed E-state index contributed by atoms with van der Waals surface area (Å²) in [5, 5.41) is 1.80. The van der Waals surface area contributed by atoms with E-state index in [1.807, 2.05) is 42.5 Å². The lowest BCUT2D eigenvalue weighted by molar-refractivity contribution is 0.0697. The second-order valence-electron chi connectivity index (χ2n) is 9.69. The predicted molar refractivity (Wildman–Crippen MR) is 145 cm³/mol. The summed E-state index contributed by atoms with van der Waals surface area (Å²) in [6.07, 6.45) is 6.24. The molecule has 2 aliphatic rings. The van der Waals surface area contributed by atoms with Crippen LogP contribution < -0.4 is 15.2 Å². The second kappa shape index (κ2) is 10.8. The maximum absolute atomic E-state index is 15.3. The van der Waals surface area contributed by atoms with Crippen LogP contribution in [0.3, 0.4) is 0 Å². The third-order valence-electron chi connectivity index (χ3n) is 7.16. The molecule has 2 aromatic heterocycles. The topological polar surface area (TPSA) is 67.7 Å². The number of ether oxygens (including phenoxy) is 1. The Balaban J connectivity index is 1.57. The van der Waals surface area contributed by atoms with Crippen LogP contribution in [-0.4, -0.2) is 33.7 Å². The minimum atomic E-state index is -0.779. The van der Waals surface area contributed by atoms with Crippen molar-refractivity contribution in [2.24, 2.45) is 0 Å². The molecule has 202 valence electrons. The fraction of sp³-hybridized carbons (Fsp3) is 0.194. The normalized spacial score (nSPS) is 17.4. The zero-order valence-corrected chi connectivity index (χ0v) is 21.5. The molecule has 40 heavy (non-hydrogen) atoms. The summed E-state index contributed by atoms with van der Waals surface area (Å²) in [6.45, 7) is 0.428. The Bertz CT molecular complexity index is 1650. The summed E-state index contributed by atoms with van der Waals surface area (Å²) in [4.78, 5) is 32.7. The third-order valence-corrected chi connectivity index (χ3v) is 7.16. The zero-order chi connectivity index (χ0) is 27.6. The number of rotatable bonds is 4. The van der Waals surface area contributed by atoms with Crippen LogP contribution in [0.15, 0.2) is 95.9 Å². The predicted octanol–water partition coefficient (Wildman–Crippen LogP) is 4.74. The van der Waals surface area contributed by atoms with Gasteiger partial charge < -0.3 is 9.64 Å². The van der Waals surface area contributed by atoms with Gasteiger partial charge in [-0.25, -0.2) is 9.37 Å². The molecule has 4 heterocycles. The van der Waals surface area contributed by atoms with Gasteiger partial charge in [-0.15, -0.1) is 0 Å². The molecule has 6 rings (SSSR count). The Morgan fingerprint density at radius 3 is 2.58 bits per heavy atom. The molecule has 0 radical (unpaired) electrons. The lowest BCUT2D eigenvalue weighted by Crippen LogP contribution is -2.55. The van der Waals surface area contributed by atoms with E-state index in [1.54, 1.807) is 38.9 Å². The van der Waals surface area contributed by atoms with E-state index in [-0.39, 0.29) is 43.0 Å². The molecule has 9 heteroatoms. The lowest BCUT2D eigenvalue weighted by atomic mass is 9.93. The van der Waals surface area contributed by atoms with Gasteiger partial charge >= 0.3 is 0 Å². The van der Waals surface area contributed by atoms with Gasteiger partial charge in [-0.1, -0.05) is 60.7 Å². The first-order chi connectivity index (χ1) is 19.5. The van der Waals surface area contributed by atoms with E-state index in [0.29, 0.717) is 29.7 Å². The highest BCUT2D eigenvalue weighted by Crippen LogP contribution is 2.35. The number of hydrogen-bond acceptors (Lipinski definition) is 5. The van der Waals surface area contributed by atoms with Crippen LogP contribution in [-0.2, 0) is 13.0 Å². The molecule has 0 saturated carbocycles. The monoisotopic (exact) mass is 540 g/mol. The van der Waals surface area contributed by atoms with Gasteiger partial charge in [-0.3, -0.25) is 19.3 Å². The number of aromatic nitrogens is 2. The van der Waals surface area contributed by atoms with Crippen LogP contribution in [0.2, 0.25) is 0 Å². The van der Waals surface area contributed by atoms with Gasteiger partial charge in [0.25, 0.3) is 5.91 Å². The van der Waals surface area contributed by atoms with E-state index in [0.717, 1.165) is 5.56 Å². The maximum atomic E-state index is 15.3. The Morgan fingerprint density at radius 2 is 1.75 bits per heavy atom. The van der Waals surface area contributed by atoms with Gasteiger partial charge in [-0.05, 0) is 47.7 Å². The molecule has 0 aliphatic carbocycles. The Kier molecular flexibility index (Phi) is 6.86. The third kappa shape index (κ3) is 4.75. The summed E-state index contributed by atoms with van der Waals surface area (Å²) < 4.78 is 37.3. The lowest BCUT2D eigenvalue weighted by Gasteiger charge is -2.43. The summed E-state index contributed by atoms with van der Waals surface area (Å²) in [5.41, 5.74) is 1.85. The van der Waals surface area contributed by atoms with Gasteiger partial charge in [0.15, 0.2) is 11.4 Å². The van der Waals surface area contributed by atoms with Crippen molar-refractivity contribution in [3.63, 3.8) is 0 Å². The van der Waals surface area contributed by atoms with Gasteiger partial charge in [0.2, 0.25) is 11.4 Å². The minimum absolute atomic E-state index is 0.0432. The average molecular weight is 541 g/mol. The number of allylic oxidation sites excluding steroid dienone is 1. The number of carbonyl (C=O) groups excluding carboxylic acids is 1. The molecule has 0 unspecified atom stereocenters. The van der Waals surface area contributed by atoms with Crippen LogP contribution in [0.25, 0.3) is 0 Å². The number of amides is 1. The number of hydrogen-bond donors (Lipinski definition) is 0. The SMILES string of the molecule is O=C1c2c(OCc3ccccc3)c(=O)ccn2N2CN1C/C=C/CCc1c(F)cccc1[C@H]2c1cccc(F)n1. The number of carbonyl (C=O) groups is 1. The first-order valence-electron chi connectivity index (χ1n) is 13.0. The Hall–Kier alpha value is -4.79. The molecular formula is C31H26F2N4O3. The quantitative estimate of drug-likeness (QED) is 0.276. The molecule has 4 aromatic rings. The average Bonchev–Trinajstić information content (AvgIpc) is 2.99. The van der Waals surface area contributed by atoms with Crippen LogP contribution >= 0.6 is 0 Å². The number of benzene rings is 2. The minimum Gasteiger partial charge on any atom is -0.482 e. The van der Waals surface area contributed by atoms with Crippen molar-refractivity contribution < 1.29 is 18.3 Å². The maximum Gasteiger partial charge on any atom is 0.278 e. The fourth-order valence-corrected chi connectivity index (χ4v) is 5.28. The molecule has 7 nitrogen and oxygen atoms in total. The van der Waals surface area contributed by atoms with Crippen molar-refractivity contribution in [2.45, 2.75) is 25.5 Å². The Morgan fingerprint density at radius 1 is 0.925 bits per heavy atom. The number of halogens is 2. The molecule has 0 spiro atoms. The smallest absolute Gasteiger partial charge is 0.278 e. The van der Waals surface area contributed by atoms with E-state index in [1.165, 1.54) is 24.4 Å². The van der Waals surface area contributed by atoms with Gasteiger partial charge in [-0.2, -0.15) is 4.39 Å². The van der Waals surface area contributed by atoms with E-state index in [4.69, 9.17) is 4.74 Å². The van der Waals surface area contributed by atoms with E-state index >= 15 is 4.39 Å². The highest BCUT2D eigenvalue weighted by molar-refractivity contribution is 5.96. The molecule has 0 fully saturated rings. The summed E-state index contributed by atoms with van der Waals surface area (Å²) in [5.74, 6) is -1.52. The van der Waals surface area contributed by atoms with E-state index < -0.39 is 17.4 Å². The zero-order valence-electron chi connectivity index (χ0n) is 21.5. The van der Waals surface area contributed by atoms with Gasteiger partial charge in [0, 0.05) is 18.8 Å². The first-order valence-corrected chi connectivity index (χ1v) is 13.0. The van der Waals surface area contributed by atoms with Crippen LogP contribution in [0.1, 0.15) is 45.3 Å². The molecule has 0 N–H and O–H groups in total. The summed E-state index contributed by atoms with van der Waals surface area (Å²) in [6, 6.07) is 19.2. The van der Waals surface area contributed by atoms with Crippen molar-refractivity contribution in [3.8, 4) is 5.75 Å². The van der Waals surface area contributed by atoms with Gasteiger partial charge in [0.05, 0.1) is 5.69 Å². The molecule has 2 aliphatic heterocycles. The number of pyridine rings is 2. The van der Waals surface area contributed by atoms with Crippen molar-refractivity contribution >= 4 is 5.91 Å². The molecule has 2 bridgehead atoms. The van der Waals surface area contributed by atoms with Crippen molar-refractivity contribution in [3.05, 3.63) is 141 Å². The van der Waals surface area contributed by atoms with Crippen molar-refractivity contribution in [1.82, 2.24) is 14.6 Å². The second-order valence-corrected chi connectivity index (χ2v) is 9.69. The van der Waals surface area contributed by atoms with Crippen molar-refractivity contribution in [2.75, 3.05) is 18.2 Å². The summed E-state index contributed by atoms with van der Waals surface area (Å²) >= 11 is 0. The molecular weight excluding hydrogens is 514 g/mol. The summed E-state index contributed by atoms with van der Waals surface area (Å²) in [7, 11) is 0. The number of fused-ring (bicyclic) bond motifs is 5. The van der Waals surface area contributed by atoms with Crippen LogP contribution in [0, 0.1) is 11.8 Å². The standard InChI is InChI=1S/C31H26F2N4O3/c32-24-13-7-12-23-22(24)11-5-2-6-17-35-20-37(28(23)25-14-8-15-27(33)34-25)36-18-16-26(38)30(29(36)31(35)39)40-19-21-9-3-1-4-10-21/h1-4,6-10,12-16,18,28H,5,11,17,19-20H2/b6-2+/t28-/m0/s1. The highest BCUT2D eigenvalue weighted by Gasteiger charge is 2.38. The Labute approximate surface area is 229 Å². The molecule has 2 aromatic carbocycles. The van der Waals surface area contributed by atoms with E-state index in [9.17, 15) is 14.0 Å². The first kappa shape index (κ1) is 25.5.